The van der Waals surface area contributed by atoms with Crippen LogP contribution in [0.25, 0.3) is 10.4 Å². The second kappa shape index (κ2) is 10.4. The van der Waals surface area contributed by atoms with Gasteiger partial charge in [0.15, 0.2) is 0 Å². The number of cyclic esters (lactones) is 1. The van der Waals surface area contributed by atoms with E-state index >= 15 is 0 Å². The smallest absolute Gasteiger partial charge is 0.416 e. The summed E-state index contributed by atoms with van der Waals surface area (Å²) >= 11 is 0. The predicted octanol–water partition coefficient (Wildman–Crippen LogP) is 3.50. The van der Waals surface area contributed by atoms with Crippen LogP contribution in [0, 0.1) is 5.92 Å². The molecule has 3 atom stereocenters. The quantitative estimate of drug-likeness (QED) is 0.388. The summed E-state index contributed by atoms with van der Waals surface area (Å²) in [5, 5.41) is 13.7. The normalized spacial score (nSPS) is 17.7. The van der Waals surface area contributed by atoms with E-state index in [1.54, 1.807) is 0 Å². The van der Waals surface area contributed by atoms with Crippen molar-refractivity contribution in [3.05, 3.63) is 82.2 Å². The molecule has 1 N–H and O–H groups in total. The summed E-state index contributed by atoms with van der Waals surface area (Å²) in [6.45, 7) is -0.339. The number of imide groups is 1. The number of nitrogens with zero attached hydrogens (tertiary/aromatic N) is 4. The lowest BCUT2D eigenvalue weighted by molar-refractivity contribution is -0.135. The highest BCUT2D eigenvalue weighted by Gasteiger charge is 2.41. The van der Waals surface area contributed by atoms with Gasteiger partial charge in [0.2, 0.25) is 5.91 Å². The third-order valence-corrected chi connectivity index (χ3v) is 5.17. The fourth-order valence-corrected chi connectivity index (χ4v) is 3.68. The van der Waals surface area contributed by atoms with E-state index in [0.717, 1.165) is 16.0 Å². The van der Waals surface area contributed by atoms with Crippen LogP contribution in [-0.2, 0) is 22.4 Å². The monoisotopic (exact) mass is 408 g/mol. The van der Waals surface area contributed by atoms with Gasteiger partial charge < -0.3 is 9.84 Å². The maximum atomic E-state index is 13.1. The number of ether oxygens (including phenoxy) is 1. The standard InChI is InChI=1S/C22H24N4O4/c23-25-24-19(11-16-7-3-1-4-8-16)13-18(14-27)21(28)26-20(15-30-22(26)29)12-17-9-5-2-6-10-17/h1-10,18-20,27H,11-15H2/t18-,19+,20+/m1/s1. The van der Waals surface area contributed by atoms with Crippen LogP contribution in [0.2, 0.25) is 0 Å². The van der Waals surface area contributed by atoms with Crippen molar-refractivity contribution in [1.29, 1.82) is 0 Å². The van der Waals surface area contributed by atoms with Gasteiger partial charge in [0, 0.05) is 11.0 Å². The molecule has 156 valence electrons. The number of carbonyl (C=O) groups is 2. The predicted molar refractivity (Wildman–Crippen MR) is 110 cm³/mol. The minimum Gasteiger partial charge on any atom is -0.447 e. The zero-order valence-electron chi connectivity index (χ0n) is 16.5. The van der Waals surface area contributed by atoms with Crippen molar-refractivity contribution in [3.8, 4) is 0 Å². The number of rotatable bonds is 9. The van der Waals surface area contributed by atoms with E-state index in [0.29, 0.717) is 12.8 Å². The minimum absolute atomic E-state index is 0.113. The molecule has 1 aliphatic heterocycles. The van der Waals surface area contributed by atoms with Crippen LogP contribution in [0.4, 0.5) is 4.79 Å². The van der Waals surface area contributed by atoms with Crippen LogP contribution in [0.15, 0.2) is 65.8 Å². The van der Waals surface area contributed by atoms with E-state index < -0.39 is 36.6 Å². The molecule has 1 aliphatic rings. The summed E-state index contributed by atoms with van der Waals surface area (Å²) in [7, 11) is 0. The molecule has 1 heterocycles. The summed E-state index contributed by atoms with van der Waals surface area (Å²) in [5.41, 5.74) is 10.9. The fourth-order valence-electron chi connectivity index (χ4n) is 3.68. The zero-order valence-corrected chi connectivity index (χ0v) is 16.5. The maximum Gasteiger partial charge on any atom is 0.416 e. The SMILES string of the molecule is [N-]=[N+]=N[C@@H](Cc1ccccc1)C[C@H](CO)C(=O)N1C(=O)OC[C@@H]1Cc1ccccc1. The summed E-state index contributed by atoms with van der Waals surface area (Å²) in [6, 6.07) is 18.0. The Hall–Kier alpha value is -3.35. The second-order valence-corrected chi connectivity index (χ2v) is 7.29. The molecule has 0 spiro atoms. The largest absolute Gasteiger partial charge is 0.447 e. The Kier molecular flexibility index (Phi) is 7.43. The Morgan fingerprint density at radius 2 is 1.80 bits per heavy atom. The molecular weight excluding hydrogens is 384 g/mol. The molecule has 3 rings (SSSR count). The highest BCUT2D eigenvalue weighted by Crippen LogP contribution is 2.23. The maximum absolute atomic E-state index is 13.1. The fraction of sp³-hybridized carbons (Fsp3) is 0.364. The van der Waals surface area contributed by atoms with Crippen molar-refractivity contribution in [3.63, 3.8) is 0 Å². The summed E-state index contributed by atoms with van der Waals surface area (Å²) in [5.74, 6) is -1.37. The Bertz CT molecular complexity index is 900. The molecule has 1 fully saturated rings. The van der Waals surface area contributed by atoms with Gasteiger partial charge in [0.1, 0.15) is 6.61 Å². The number of hydrogen-bond acceptors (Lipinski definition) is 5. The van der Waals surface area contributed by atoms with E-state index in [1.165, 1.54) is 0 Å². The Morgan fingerprint density at radius 1 is 1.17 bits per heavy atom. The van der Waals surface area contributed by atoms with Crippen LogP contribution < -0.4 is 0 Å². The van der Waals surface area contributed by atoms with Crippen LogP contribution >= 0.6 is 0 Å². The Morgan fingerprint density at radius 3 is 2.40 bits per heavy atom. The highest BCUT2D eigenvalue weighted by atomic mass is 16.6. The molecule has 0 aliphatic carbocycles. The number of benzene rings is 2. The molecule has 1 saturated heterocycles. The number of azide groups is 1. The van der Waals surface area contributed by atoms with E-state index in [-0.39, 0.29) is 13.0 Å². The van der Waals surface area contributed by atoms with Crippen molar-refractivity contribution in [2.24, 2.45) is 11.0 Å². The van der Waals surface area contributed by atoms with Gasteiger partial charge in [-0.2, -0.15) is 0 Å². The van der Waals surface area contributed by atoms with Crippen LogP contribution in [0.1, 0.15) is 17.5 Å². The van der Waals surface area contributed by atoms with Crippen molar-refractivity contribution >= 4 is 12.0 Å². The molecule has 2 amide bonds. The highest BCUT2D eigenvalue weighted by molar-refractivity contribution is 5.95. The third kappa shape index (κ3) is 5.37. The van der Waals surface area contributed by atoms with Gasteiger partial charge in [-0.3, -0.25) is 4.79 Å². The molecule has 0 radical (unpaired) electrons. The van der Waals surface area contributed by atoms with Gasteiger partial charge >= 0.3 is 6.09 Å². The van der Waals surface area contributed by atoms with Gasteiger partial charge in [0.05, 0.1) is 18.6 Å². The minimum atomic E-state index is -0.867. The molecule has 0 saturated carbocycles. The van der Waals surface area contributed by atoms with Gasteiger partial charge in [-0.1, -0.05) is 65.8 Å². The lowest BCUT2D eigenvalue weighted by Crippen LogP contribution is -2.45. The van der Waals surface area contributed by atoms with Crippen LogP contribution in [0.3, 0.4) is 0 Å². The average molecular weight is 408 g/mol. The van der Waals surface area contributed by atoms with Crippen molar-refractivity contribution < 1.29 is 19.4 Å². The first-order valence-electron chi connectivity index (χ1n) is 9.85. The zero-order chi connectivity index (χ0) is 21.3. The molecule has 0 unspecified atom stereocenters. The van der Waals surface area contributed by atoms with Crippen molar-refractivity contribution in [2.75, 3.05) is 13.2 Å². The number of aliphatic hydroxyl groups excluding tert-OH is 1. The molecular formula is C22H24N4O4. The molecule has 8 heteroatoms. The topological polar surface area (TPSA) is 116 Å². The first-order valence-corrected chi connectivity index (χ1v) is 9.85. The first kappa shape index (κ1) is 21.4. The van der Waals surface area contributed by atoms with Crippen molar-refractivity contribution in [2.45, 2.75) is 31.3 Å². The molecule has 30 heavy (non-hydrogen) atoms. The summed E-state index contributed by atoms with van der Waals surface area (Å²) in [4.78, 5) is 29.4. The van der Waals surface area contributed by atoms with Gasteiger partial charge in [-0.25, -0.2) is 9.69 Å². The van der Waals surface area contributed by atoms with Crippen LogP contribution in [-0.4, -0.2) is 47.3 Å². The van der Waals surface area contributed by atoms with E-state index in [1.807, 2.05) is 60.7 Å². The van der Waals surface area contributed by atoms with Gasteiger partial charge in [0.25, 0.3) is 0 Å². The Labute approximate surface area is 174 Å². The van der Waals surface area contributed by atoms with Gasteiger partial charge in [-0.05, 0) is 35.9 Å². The second-order valence-electron chi connectivity index (χ2n) is 7.29. The number of amides is 2. The lowest BCUT2D eigenvalue weighted by atomic mass is 9.94. The molecule has 2 aromatic carbocycles. The van der Waals surface area contributed by atoms with Gasteiger partial charge in [-0.15, -0.1) is 0 Å². The molecule has 0 bridgehead atoms. The number of hydrogen-bond donors (Lipinski definition) is 1. The summed E-state index contributed by atoms with van der Waals surface area (Å²) in [6.07, 6.45) is 0.339. The Balaban J connectivity index is 1.72. The molecule has 8 nitrogen and oxygen atoms in total. The van der Waals surface area contributed by atoms with E-state index in [4.69, 9.17) is 10.3 Å². The number of carbonyl (C=O) groups excluding carboxylic acids is 2. The molecule has 2 aromatic rings. The average Bonchev–Trinajstić information content (AvgIpc) is 3.13. The van der Waals surface area contributed by atoms with Crippen LogP contribution in [0.5, 0.6) is 0 Å². The van der Waals surface area contributed by atoms with Crippen molar-refractivity contribution in [1.82, 2.24) is 4.90 Å². The summed E-state index contributed by atoms with van der Waals surface area (Å²) < 4.78 is 5.12. The van der Waals surface area contributed by atoms with E-state index in [2.05, 4.69) is 10.0 Å². The first-order chi connectivity index (χ1) is 14.6. The molecule has 0 aromatic heterocycles. The lowest BCUT2D eigenvalue weighted by Gasteiger charge is -2.25. The third-order valence-electron chi connectivity index (χ3n) is 5.17. The van der Waals surface area contributed by atoms with E-state index in [9.17, 15) is 14.7 Å². The number of aliphatic hydroxyl groups is 1.